The summed E-state index contributed by atoms with van der Waals surface area (Å²) in [6.45, 7) is 1.37. The lowest BCUT2D eigenvalue weighted by Gasteiger charge is -2.25. The average molecular weight is 260 g/mol. The molecule has 2 fully saturated rings. The van der Waals surface area contributed by atoms with Gasteiger partial charge in [0.05, 0.1) is 25.8 Å². The quantitative estimate of drug-likeness (QED) is 0.607. The van der Waals surface area contributed by atoms with Gasteiger partial charge in [-0.3, -0.25) is 0 Å². The predicted molar refractivity (Wildman–Crippen MR) is 56.0 cm³/mol. The third-order valence-corrected chi connectivity index (χ3v) is 4.03. The van der Waals surface area contributed by atoms with E-state index in [9.17, 15) is 13.2 Å². The molecule has 0 aromatic rings. The van der Waals surface area contributed by atoms with Crippen LogP contribution in [0.1, 0.15) is 0 Å². The number of carbonyl (C=O) groups is 1. The van der Waals surface area contributed by atoms with Crippen molar-refractivity contribution >= 4 is 16.2 Å². The van der Waals surface area contributed by atoms with Crippen LogP contribution in [-0.2, 0) is 14.9 Å². The second-order valence-corrected chi connectivity index (χ2v) is 5.39. The van der Waals surface area contributed by atoms with Crippen molar-refractivity contribution in [3.05, 3.63) is 0 Å². The van der Waals surface area contributed by atoms with Gasteiger partial charge in [0.1, 0.15) is 6.04 Å². The van der Waals surface area contributed by atoms with Crippen molar-refractivity contribution in [2.24, 2.45) is 0 Å². The topological polar surface area (TPSA) is 103 Å². The molecule has 1 N–H and O–H groups in total. The number of rotatable bonds is 2. The second kappa shape index (κ2) is 4.48. The van der Waals surface area contributed by atoms with Crippen LogP contribution >= 0.6 is 0 Å². The molecule has 0 saturated carbocycles. The molecule has 2 amide bonds. The number of nitrogens with zero attached hydrogens (tertiary/aromatic N) is 3. The van der Waals surface area contributed by atoms with Crippen molar-refractivity contribution in [2.75, 3.05) is 32.8 Å². The van der Waals surface area contributed by atoms with Crippen LogP contribution in [0, 0.1) is 11.3 Å². The van der Waals surface area contributed by atoms with Gasteiger partial charge in [0.25, 0.3) is 0 Å². The molecule has 0 bridgehead atoms. The molecule has 2 rings (SSSR count). The summed E-state index contributed by atoms with van der Waals surface area (Å²) in [7, 11) is -3.82. The molecule has 0 aromatic carbocycles. The Kier molecular flexibility index (Phi) is 3.19. The largest absolute Gasteiger partial charge is 0.379 e. The summed E-state index contributed by atoms with van der Waals surface area (Å²) in [4.78, 5) is 12.6. The highest BCUT2D eigenvalue weighted by atomic mass is 32.2. The van der Waals surface area contributed by atoms with E-state index in [-0.39, 0.29) is 19.6 Å². The smallest absolute Gasteiger partial charge is 0.333 e. The third-order valence-electron chi connectivity index (χ3n) is 2.55. The first kappa shape index (κ1) is 12.1. The number of hydrogen-bond donors (Lipinski definition) is 1. The molecule has 1 atom stereocenters. The van der Waals surface area contributed by atoms with Gasteiger partial charge >= 0.3 is 16.2 Å². The minimum absolute atomic E-state index is 0.226. The van der Waals surface area contributed by atoms with Gasteiger partial charge in [-0.1, -0.05) is 0 Å². The molecule has 9 heteroatoms. The Morgan fingerprint density at radius 3 is 2.59 bits per heavy atom. The third kappa shape index (κ3) is 2.66. The molecule has 17 heavy (non-hydrogen) atoms. The van der Waals surface area contributed by atoms with Crippen LogP contribution in [-0.4, -0.2) is 62.5 Å². The Bertz CT molecular complexity index is 451. The minimum Gasteiger partial charge on any atom is -0.379 e. The van der Waals surface area contributed by atoms with E-state index in [1.807, 2.05) is 10.8 Å². The SMILES string of the molecule is N#CC1CN1C(=O)NS(=O)(=O)N1CCOCC1. The zero-order valence-electron chi connectivity index (χ0n) is 9.00. The standard InChI is InChI=1S/C8H12N4O4S/c9-5-7-6-12(7)8(13)10-17(14,15)11-1-3-16-4-2-11/h7H,1-4,6H2,(H,10,13). The number of urea groups is 1. The van der Waals surface area contributed by atoms with Crippen molar-refractivity contribution < 1.29 is 17.9 Å². The van der Waals surface area contributed by atoms with Gasteiger partial charge in [0.15, 0.2) is 0 Å². The highest BCUT2D eigenvalue weighted by molar-refractivity contribution is 7.87. The molecule has 2 heterocycles. The number of hydrogen-bond acceptors (Lipinski definition) is 5. The van der Waals surface area contributed by atoms with Gasteiger partial charge in [-0.15, -0.1) is 0 Å². The highest BCUT2D eigenvalue weighted by Crippen LogP contribution is 2.16. The van der Waals surface area contributed by atoms with Gasteiger partial charge in [-0.2, -0.15) is 18.0 Å². The number of ether oxygens (including phenoxy) is 1. The van der Waals surface area contributed by atoms with Crippen LogP contribution in [0.25, 0.3) is 0 Å². The fraction of sp³-hybridized carbons (Fsp3) is 0.750. The summed E-state index contributed by atoms with van der Waals surface area (Å²) in [5, 5.41) is 8.52. The van der Waals surface area contributed by atoms with Gasteiger partial charge < -0.3 is 9.64 Å². The zero-order chi connectivity index (χ0) is 12.5. The van der Waals surface area contributed by atoms with Gasteiger partial charge in [0.2, 0.25) is 0 Å². The summed E-state index contributed by atoms with van der Waals surface area (Å²) in [6, 6.07) is 0.620. The van der Waals surface area contributed by atoms with E-state index in [2.05, 4.69) is 0 Å². The van der Waals surface area contributed by atoms with Gasteiger partial charge in [-0.25, -0.2) is 9.52 Å². The molecule has 2 saturated heterocycles. The van der Waals surface area contributed by atoms with Crippen LogP contribution < -0.4 is 4.72 Å². The van der Waals surface area contributed by atoms with E-state index in [1.54, 1.807) is 0 Å². The Morgan fingerprint density at radius 2 is 2.06 bits per heavy atom. The molecule has 1 unspecified atom stereocenters. The normalized spacial score (nSPS) is 25.1. The lowest BCUT2D eigenvalue weighted by molar-refractivity contribution is 0.0726. The average Bonchev–Trinajstić information content (AvgIpc) is 3.09. The van der Waals surface area contributed by atoms with Crippen LogP contribution in [0.2, 0.25) is 0 Å². The highest BCUT2D eigenvalue weighted by Gasteiger charge is 2.41. The fourth-order valence-corrected chi connectivity index (χ4v) is 2.59. The Labute approximate surface area is 98.9 Å². The Balaban J connectivity index is 1.93. The van der Waals surface area contributed by atoms with Crippen LogP contribution in [0.4, 0.5) is 4.79 Å². The summed E-state index contributed by atoms with van der Waals surface area (Å²) >= 11 is 0. The van der Waals surface area contributed by atoms with Crippen LogP contribution in [0.15, 0.2) is 0 Å². The van der Waals surface area contributed by atoms with Crippen molar-refractivity contribution in [3.63, 3.8) is 0 Å². The first-order valence-corrected chi connectivity index (χ1v) is 6.54. The molecular weight excluding hydrogens is 248 g/mol. The molecule has 0 aliphatic carbocycles. The maximum absolute atomic E-state index is 11.8. The summed E-state index contributed by atoms with van der Waals surface area (Å²) in [5.41, 5.74) is 0. The van der Waals surface area contributed by atoms with Gasteiger partial charge in [0, 0.05) is 13.1 Å². The maximum atomic E-state index is 11.8. The Morgan fingerprint density at radius 1 is 1.41 bits per heavy atom. The lowest BCUT2D eigenvalue weighted by Crippen LogP contribution is -2.49. The fourth-order valence-electron chi connectivity index (χ4n) is 1.49. The van der Waals surface area contributed by atoms with E-state index in [4.69, 9.17) is 10.00 Å². The molecule has 0 aromatic heterocycles. The second-order valence-electron chi connectivity index (χ2n) is 3.72. The summed E-state index contributed by atoms with van der Waals surface area (Å²) in [6.07, 6.45) is 0. The van der Waals surface area contributed by atoms with Crippen molar-refractivity contribution in [3.8, 4) is 6.07 Å². The van der Waals surface area contributed by atoms with Crippen molar-refractivity contribution in [1.29, 1.82) is 5.26 Å². The number of amides is 2. The molecule has 0 radical (unpaired) electrons. The van der Waals surface area contributed by atoms with Crippen LogP contribution in [0.3, 0.4) is 0 Å². The van der Waals surface area contributed by atoms with Crippen molar-refractivity contribution in [2.45, 2.75) is 6.04 Å². The predicted octanol–water partition coefficient (Wildman–Crippen LogP) is -1.52. The summed E-state index contributed by atoms with van der Waals surface area (Å²) in [5.74, 6) is 0. The monoisotopic (exact) mass is 260 g/mol. The van der Waals surface area contributed by atoms with Crippen molar-refractivity contribution in [1.82, 2.24) is 13.9 Å². The van der Waals surface area contributed by atoms with E-state index in [1.165, 1.54) is 0 Å². The number of nitriles is 1. The number of nitrogens with one attached hydrogen (secondary N) is 1. The number of carbonyl (C=O) groups excluding carboxylic acids is 1. The lowest BCUT2D eigenvalue weighted by atomic mass is 10.5. The minimum atomic E-state index is -3.82. The first-order chi connectivity index (χ1) is 8.04. The molecule has 0 spiro atoms. The Hall–Kier alpha value is -1.37. The molecule has 94 valence electrons. The van der Waals surface area contributed by atoms with Crippen LogP contribution in [0.5, 0.6) is 0 Å². The first-order valence-electron chi connectivity index (χ1n) is 5.10. The van der Waals surface area contributed by atoms with E-state index < -0.39 is 22.3 Å². The molecular formula is C8H12N4O4S. The molecule has 8 nitrogen and oxygen atoms in total. The maximum Gasteiger partial charge on any atom is 0.333 e. The zero-order valence-corrected chi connectivity index (χ0v) is 9.81. The van der Waals surface area contributed by atoms with E-state index in [0.717, 1.165) is 9.21 Å². The van der Waals surface area contributed by atoms with Gasteiger partial charge in [-0.05, 0) is 0 Å². The molecule has 2 aliphatic heterocycles. The number of morpholine rings is 1. The molecule has 2 aliphatic rings. The van der Waals surface area contributed by atoms with E-state index in [0.29, 0.717) is 13.2 Å². The summed E-state index contributed by atoms with van der Waals surface area (Å²) < 4.78 is 31.6. The van der Waals surface area contributed by atoms with E-state index >= 15 is 0 Å².